The molecule has 1 aromatic rings. The largest absolute Gasteiger partial charge is 0.310 e. The Morgan fingerprint density at radius 3 is 2.55 bits per heavy atom. The number of rotatable bonds is 3. The zero-order valence-electron chi connectivity index (χ0n) is 12.8. The van der Waals surface area contributed by atoms with Crippen LogP contribution < -0.4 is 5.32 Å². The minimum atomic E-state index is -0.391. The first kappa shape index (κ1) is 16.9. The summed E-state index contributed by atoms with van der Waals surface area (Å²) < 4.78 is 0.187. The summed E-state index contributed by atoms with van der Waals surface area (Å²) in [5.74, 6) is 0.708. The highest BCUT2D eigenvalue weighted by Gasteiger charge is 2.83. The van der Waals surface area contributed by atoms with Crippen molar-refractivity contribution in [2.45, 2.75) is 42.2 Å². The normalized spacial score (nSPS) is 35.3. The van der Waals surface area contributed by atoms with Crippen molar-refractivity contribution in [1.29, 1.82) is 0 Å². The third-order valence-corrected chi connectivity index (χ3v) is 9.25. The highest BCUT2D eigenvalue weighted by atomic mass is 79.9. The first-order chi connectivity index (χ1) is 10.2. The fourth-order valence-corrected chi connectivity index (χ4v) is 9.45. The number of fused-ring (bicyclic) bond motifs is 1. The molecule has 6 heteroatoms. The van der Waals surface area contributed by atoms with E-state index in [-0.39, 0.29) is 25.3 Å². The molecule has 3 nitrogen and oxygen atoms in total. The van der Waals surface area contributed by atoms with E-state index in [0.717, 1.165) is 18.5 Å². The number of hydrogen-bond acceptors (Lipinski definition) is 2. The second kappa shape index (κ2) is 5.28. The number of halogens is 3. The minimum Gasteiger partial charge on any atom is -0.310 e. The van der Waals surface area contributed by atoms with Gasteiger partial charge in [0.1, 0.15) is 5.82 Å². The van der Waals surface area contributed by atoms with Gasteiger partial charge in [-0.1, -0.05) is 67.7 Å². The molecule has 1 N–H and O–H groups in total. The quantitative estimate of drug-likeness (QED) is 0.600. The molecule has 2 bridgehead atoms. The number of amides is 1. The Balaban J connectivity index is 1.91. The van der Waals surface area contributed by atoms with E-state index in [1.165, 1.54) is 0 Å². The Hall–Kier alpha value is 0.0600. The lowest BCUT2D eigenvalue weighted by molar-refractivity contribution is -0.155. The number of pyridine rings is 1. The molecular weight excluding hydrogens is 476 g/mol. The summed E-state index contributed by atoms with van der Waals surface area (Å²) in [4.78, 5) is 17.6. The third kappa shape index (κ3) is 1.83. The van der Waals surface area contributed by atoms with E-state index in [0.29, 0.717) is 5.82 Å². The predicted molar refractivity (Wildman–Crippen MR) is 99.8 cm³/mol. The zero-order valence-corrected chi connectivity index (χ0v) is 17.5. The van der Waals surface area contributed by atoms with E-state index < -0.39 is 5.41 Å². The molecule has 1 aromatic heterocycles. The molecule has 3 aliphatic rings. The van der Waals surface area contributed by atoms with Crippen LogP contribution in [-0.2, 0) is 4.79 Å². The molecule has 4 rings (SSSR count). The maximum atomic E-state index is 13.1. The van der Waals surface area contributed by atoms with Gasteiger partial charge in [-0.05, 0) is 37.3 Å². The average Bonchev–Trinajstić information content (AvgIpc) is 2.88. The van der Waals surface area contributed by atoms with Crippen LogP contribution in [0.15, 0.2) is 18.2 Å². The molecule has 0 radical (unpaired) electrons. The predicted octanol–water partition coefficient (Wildman–Crippen LogP) is 5.01. The van der Waals surface area contributed by atoms with Crippen molar-refractivity contribution >= 4 is 59.5 Å². The van der Waals surface area contributed by atoms with Gasteiger partial charge >= 0.3 is 0 Å². The molecule has 0 saturated heterocycles. The molecule has 1 amide bonds. The average molecular weight is 495 g/mol. The van der Waals surface area contributed by atoms with Gasteiger partial charge in [0, 0.05) is 15.9 Å². The van der Waals surface area contributed by atoms with Crippen LogP contribution in [0.2, 0.25) is 0 Å². The first-order valence-electron chi connectivity index (χ1n) is 7.37. The molecule has 0 aliphatic heterocycles. The van der Waals surface area contributed by atoms with Crippen LogP contribution in [0, 0.1) is 23.2 Å². The van der Waals surface area contributed by atoms with Crippen molar-refractivity contribution in [1.82, 2.24) is 4.98 Å². The fourth-order valence-electron chi connectivity index (χ4n) is 4.54. The minimum absolute atomic E-state index is 0.0460. The Bertz CT molecular complexity index is 634. The van der Waals surface area contributed by atoms with Crippen molar-refractivity contribution in [3.05, 3.63) is 23.9 Å². The van der Waals surface area contributed by atoms with Crippen LogP contribution in [0.5, 0.6) is 0 Å². The van der Waals surface area contributed by atoms with Gasteiger partial charge in [-0.3, -0.25) is 4.79 Å². The maximum absolute atomic E-state index is 13.1. The van der Waals surface area contributed by atoms with E-state index >= 15 is 0 Å². The Morgan fingerprint density at radius 1 is 1.36 bits per heavy atom. The monoisotopic (exact) mass is 492 g/mol. The van der Waals surface area contributed by atoms with Gasteiger partial charge in [0.15, 0.2) is 0 Å². The number of aromatic nitrogens is 1. The summed E-state index contributed by atoms with van der Waals surface area (Å²) in [7, 11) is 0. The van der Waals surface area contributed by atoms with Crippen LogP contribution in [0.3, 0.4) is 0 Å². The Labute approximate surface area is 156 Å². The van der Waals surface area contributed by atoms with Gasteiger partial charge in [-0.15, -0.1) is 0 Å². The Kier molecular flexibility index (Phi) is 4.06. The van der Waals surface area contributed by atoms with Crippen LogP contribution >= 0.6 is 47.8 Å². The number of anilines is 1. The molecule has 3 saturated carbocycles. The van der Waals surface area contributed by atoms with E-state index in [9.17, 15) is 4.79 Å². The number of aryl methyl sites for hydroxylation is 1. The lowest BCUT2D eigenvalue weighted by Gasteiger charge is -2.66. The van der Waals surface area contributed by atoms with E-state index in [1.807, 2.05) is 25.1 Å². The summed E-state index contributed by atoms with van der Waals surface area (Å²) in [6, 6.07) is 5.69. The SMILES string of the molecule is Cc1cccc(NC(=O)[C@]23CC[C@@](C(Br)Br)([C@@H]2Br)C3(C)C)n1. The molecule has 0 aromatic carbocycles. The Morgan fingerprint density at radius 2 is 2.05 bits per heavy atom. The van der Waals surface area contributed by atoms with Gasteiger partial charge in [0.05, 0.1) is 9.15 Å². The van der Waals surface area contributed by atoms with Gasteiger partial charge < -0.3 is 5.32 Å². The number of carbonyl (C=O) groups is 1. The third-order valence-electron chi connectivity index (χ3n) is 6.02. The standard InChI is InChI=1S/C16H19Br3N2O/c1-9-5-4-6-10(20-9)21-13(22)16-8-7-15(11(16)17,12(18)19)14(16,2)3/h4-6,11-12H,7-8H2,1-3H3,(H,20,21,22)/t11-,15-,16-/m0/s1. The summed E-state index contributed by atoms with van der Waals surface area (Å²) in [5.41, 5.74) is 0.461. The van der Waals surface area contributed by atoms with Crippen molar-refractivity contribution < 1.29 is 4.79 Å². The number of nitrogens with zero attached hydrogens (tertiary/aromatic N) is 1. The number of nitrogens with one attached hydrogen (secondary N) is 1. The summed E-state index contributed by atoms with van der Waals surface area (Å²) in [6.45, 7) is 6.34. The van der Waals surface area contributed by atoms with E-state index in [4.69, 9.17) is 0 Å². The summed E-state index contributed by atoms with van der Waals surface area (Å²) in [6.07, 6.45) is 1.91. The molecule has 3 atom stereocenters. The second-order valence-electron chi connectivity index (χ2n) is 6.92. The molecule has 120 valence electrons. The molecule has 3 fully saturated rings. The van der Waals surface area contributed by atoms with Crippen molar-refractivity contribution in [3.63, 3.8) is 0 Å². The topological polar surface area (TPSA) is 42.0 Å². The van der Waals surface area contributed by atoms with Crippen LogP contribution in [0.1, 0.15) is 32.4 Å². The van der Waals surface area contributed by atoms with Crippen molar-refractivity contribution in [2.75, 3.05) is 5.32 Å². The molecule has 3 aliphatic carbocycles. The fraction of sp³-hybridized carbons (Fsp3) is 0.625. The lowest BCUT2D eigenvalue weighted by Crippen LogP contribution is -2.71. The van der Waals surface area contributed by atoms with Gasteiger partial charge in [-0.2, -0.15) is 0 Å². The maximum Gasteiger partial charge on any atom is 0.233 e. The van der Waals surface area contributed by atoms with Crippen molar-refractivity contribution in [3.8, 4) is 0 Å². The zero-order chi connectivity index (χ0) is 16.3. The molecular formula is C16H19Br3N2O. The van der Waals surface area contributed by atoms with E-state index in [1.54, 1.807) is 0 Å². The van der Waals surface area contributed by atoms with E-state index in [2.05, 4.69) is 71.9 Å². The molecule has 0 unspecified atom stereocenters. The van der Waals surface area contributed by atoms with Crippen LogP contribution in [0.25, 0.3) is 0 Å². The highest BCUT2D eigenvalue weighted by Crippen LogP contribution is 2.82. The van der Waals surface area contributed by atoms with Crippen molar-refractivity contribution in [2.24, 2.45) is 16.2 Å². The second-order valence-corrected chi connectivity index (χ2v) is 10.9. The highest BCUT2D eigenvalue weighted by molar-refractivity contribution is 9.24. The van der Waals surface area contributed by atoms with Gasteiger partial charge in [0.2, 0.25) is 5.91 Å². The number of carbonyl (C=O) groups excluding carboxylic acids is 1. The molecule has 0 spiro atoms. The molecule has 1 heterocycles. The lowest BCUT2D eigenvalue weighted by atomic mass is 9.43. The summed E-state index contributed by atoms with van der Waals surface area (Å²) in [5, 5.41) is 3.03. The van der Waals surface area contributed by atoms with Gasteiger partial charge in [-0.25, -0.2) is 4.98 Å². The smallest absolute Gasteiger partial charge is 0.233 e. The first-order valence-corrected chi connectivity index (χ1v) is 10.1. The molecule has 22 heavy (non-hydrogen) atoms. The van der Waals surface area contributed by atoms with Crippen LogP contribution in [-0.4, -0.2) is 19.5 Å². The number of hydrogen-bond donors (Lipinski definition) is 1. The van der Waals surface area contributed by atoms with Gasteiger partial charge in [0.25, 0.3) is 0 Å². The number of alkyl halides is 3. The van der Waals surface area contributed by atoms with Crippen LogP contribution in [0.4, 0.5) is 5.82 Å². The summed E-state index contributed by atoms with van der Waals surface area (Å²) >= 11 is 11.2.